The molecule has 3 rings (SSSR count). The fourth-order valence-electron chi connectivity index (χ4n) is 2.85. The molecule has 0 aliphatic carbocycles. The minimum atomic E-state index is -0.510. The van der Waals surface area contributed by atoms with Crippen molar-refractivity contribution in [3.8, 4) is 16.9 Å². The van der Waals surface area contributed by atoms with Crippen LogP contribution < -0.4 is 15.8 Å². The highest BCUT2D eigenvalue weighted by Crippen LogP contribution is 2.25. The first-order valence-electron chi connectivity index (χ1n) is 7.70. The number of nitrogens with two attached hydrogens (primary N) is 1. The number of aliphatic hydroxyl groups is 1. The van der Waals surface area contributed by atoms with E-state index in [1.165, 1.54) is 5.56 Å². The first-order chi connectivity index (χ1) is 10.8. The van der Waals surface area contributed by atoms with Crippen molar-refractivity contribution in [3.63, 3.8) is 0 Å². The maximum Gasteiger partial charge on any atom is 0.120 e. The zero-order valence-corrected chi connectivity index (χ0v) is 14.9. The van der Waals surface area contributed by atoms with Gasteiger partial charge in [0.15, 0.2) is 0 Å². The monoisotopic (exact) mass is 370 g/mol. The molecule has 0 radical (unpaired) electrons. The number of benzene rings is 2. The van der Waals surface area contributed by atoms with Gasteiger partial charge in [0.1, 0.15) is 11.9 Å². The molecule has 3 unspecified atom stereocenters. The van der Waals surface area contributed by atoms with E-state index in [0.717, 1.165) is 24.3 Å². The van der Waals surface area contributed by atoms with Gasteiger partial charge in [0, 0.05) is 25.6 Å². The molecule has 0 bridgehead atoms. The fraction of sp³-hybridized carbons (Fsp3) is 0.333. The standard InChI is InChI=1S/C18H22N2O2.2ClH/c19-11-18(21)17-10-16(12-20-17)22-15-8-4-7-14(9-15)13-5-2-1-3-6-13;;/h1-9,16-18,20-21H,10-12,19H2;2*1H. The van der Waals surface area contributed by atoms with Gasteiger partial charge in [-0.2, -0.15) is 0 Å². The molecule has 0 amide bonds. The first kappa shape index (κ1) is 20.7. The predicted molar refractivity (Wildman–Crippen MR) is 102 cm³/mol. The Kier molecular flexibility index (Phi) is 8.53. The van der Waals surface area contributed by atoms with Crippen LogP contribution in [0.4, 0.5) is 0 Å². The van der Waals surface area contributed by atoms with Crippen molar-refractivity contribution in [2.45, 2.75) is 24.7 Å². The van der Waals surface area contributed by atoms with Crippen molar-refractivity contribution >= 4 is 24.8 Å². The molecule has 132 valence electrons. The average Bonchev–Trinajstić information content (AvgIpc) is 3.04. The van der Waals surface area contributed by atoms with Gasteiger partial charge in [-0.3, -0.25) is 0 Å². The topological polar surface area (TPSA) is 67.5 Å². The Morgan fingerprint density at radius 2 is 1.79 bits per heavy atom. The van der Waals surface area contributed by atoms with Crippen molar-refractivity contribution in [2.24, 2.45) is 5.73 Å². The van der Waals surface area contributed by atoms with E-state index >= 15 is 0 Å². The minimum Gasteiger partial charge on any atom is -0.489 e. The number of hydrogen-bond acceptors (Lipinski definition) is 4. The highest BCUT2D eigenvalue weighted by Gasteiger charge is 2.29. The number of halogens is 2. The van der Waals surface area contributed by atoms with Gasteiger partial charge in [-0.05, 0) is 23.3 Å². The summed E-state index contributed by atoms with van der Waals surface area (Å²) in [6.45, 7) is 1.01. The van der Waals surface area contributed by atoms with Crippen molar-refractivity contribution < 1.29 is 9.84 Å². The second-order valence-corrected chi connectivity index (χ2v) is 5.69. The third-order valence-electron chi connectivity index (χ3n) is 4.07. The molecule has 1 heterocycles. The van der Waals surface area contributed by atoms with Crippen LogP contribution in [0.5, 0.6) is 5.75 Å². The van der Waals surface area contributed by atoms with Gasteiger partial charge >= 0.3 is 0 Å². The highest BCUT2D eigenvalue weighted by atomic mass is 35.5. The molecule has 1 fully saturated rings. The maximum atomic E-state index is 9.79. The Bertz CT molecular complexity index is 613. The molecule has 0 aromatic heterocycles. The van der Waals surface area contributed by atoms with E-state index in [0.29, 0.717) is 0 Å². The van der Waals surface area contributed by atoms with Crippen LogP contribution in [0.25, 0.3) is 11.1 Å². The van der Waals surface area contributed by atoms with Crippen molar-refractivity contribution in [2.75, 3.05) is 13.1 Å². The van der Waals surface area contributed by atoms with Crippen LogP contribution in [-0.4, -0.2) is 36.4 Å². The zero-order chi connectivity index (χ0) is 15.4. The predicted octanol–water partition coefficient (Wildman–Crippen LogP) is 2.63. The molecule has 4 N–H and O–H groups in total. The van der Waals surface area contributed by atoms with Crippen molar-refractivity contribution in [1.29, 1.82) is 0 Å². The fourth-order valence-corrected chi connectivity index (χ4v) is 2.85. The van der Waals surface area contributed by atoms with Crippen LogP contribution in [0, 0.1) is 0 Å². The van der Waals surface area contributed by atoms with E-state index in [-0.39, 0.29) is 43.5 Å². The molecule has 0 saturated carbocycles. The number of nitrogens with one attached hydrogen (secondary N) is 1. The Morgan fingerprint density at radius 1 is 1.08 bits per heavy atom. The van der Waals surface area contributed by atoms with Gasteiger partial charge in [-0.1, -0.05) is 42.5 Å². The summed E-state index contributed by atoms with van der Waals surface area (Å²) in [5.74, 6) is 0.857. The molecule has 1 aliphatic heterocycles. The second-order valence-electron chi connectivity index (χ2n) is 5.69. The van der Waals surface area contributed by atoms with Gasteiger partial charge in [0.05, 0.1) is 6.10 Å². The van der Waals surface area contributed by atoms with Gasteiger partial charge in [0.2, 0.25) is 0 Å². The lowest BCUT2D eigenvalue weighted by Gasteiger charge is -2.17. The summed E-state index contributed by atoms with van der Waals surface area (Å²) in [6.07, 6.45) is 0.329. The zero-order valence-electron chi connectivity index (χ0n) is 13.3. The number of aliphatic hydroxyl groups excluding tert-OH is 1. The van der Waals surface area contributed by atoms with Gasteiger partial charge in [-0.15, -0.1) is 24.8 Å². The number of ether oxygens (including phenoxy) is 1. The first-order valence-corrected chi connectivity index (χ1v) is 7.70. The summed E-state index contributed by atoms with van der Waals surface area (Å²) in [4.78, 5) is 0. The summed E-state index contributed by atoms with van der Waals surface area (Å²) in [5.41, 5.74) is 7.82. The highest BCUT2D eigenvalue weighted by molar-refractivity contribution is 5.85. The smallest absolute Gasteiger partial charge is 0.120 e. The molecule has 2 aromatic rings. The van der Waals surface area contributed by atoms with E-state index in [4.69, 9.17) is 10.5 Å². The lowest BCUT2D eigenvalue weighted by molar-refractivity contribution is 0.135. The number of rotatable bonds is 5. The van der Waals surface area contributed by atoms with Crippen LogP contribution in [0.15, 0.2) is 54.6 Å². The van der Waals surface area contributed by atoms with E-state index < -0.39 is 6.10 Å². The summed E-state index contributed by atoms with van der Waals surface area (Å²) < 4.78 is 6.05. The summed E-state index contributed by atoms with van der Waals surface area (Å²) in [5, 5.41) is 13.1. The Labute approximate surface area is 155 Å². The molecular weight excluding hydrogens is 347 g/mol. The average molecular weight is 371 g/mol. The van der Waals surface area contributed by atoms with E-state index in [1.54, 1.807) is 0 Å². The molecule has 1 aliphatic rings. The van der Waals surface area contributed by atoms with Crippen LogP contribution in [0.1, 0.15) is 6.42 Å². The van der Waals surface area contributed by atoms with Gasteiger partial charge in [-0.25, -0.2) is 0 Å². The van der Waals surface area contributed by atoms with Gasteiger partial charge < -0.3 is 20.9 Å². The van der Waals surface area contributed by atoms with Crippen LogP contribution in [0.2, 0.25) is 0 Å². The Morgan fingerprint density at radius 3 is 2.50 bits per heavy atom. The molecule has 1 saturated heterocycles. The quantitative estimate of drug-likeness (QED) is 0.756. The van der Waals surface area contributed by atoms with Crippen LogP contribution >= 0.6 is 24.8 Å². The largest absolute Gasteiger partial charge is 0.489 e. The van der Waals surface area contributed by atoms with Crippen LogP contribution in [0.3, 0.4) is 0 Å². The summed E-state index contributed by atoms with van der Waals surface area (Å²) >= 11 is 0. The third-order valence-corrected chi connectivity index (χ3v) is 4.07. The van der Waals surface area contributed by atoms with Crippen molar-refractivity contribution in [1.82, 2.24) is 5.32 Å². The second kappa shape index (κ2) is 9.87. The van der Waals surface area contributed by atoms with E-state index in [1.807, 2.05) is 30.3 Å². The van der Waals surface area contributed by atoms with Crippen LogP contribution in [-0.2, 0) is 0 Å². The maximum absolute atomic E-state index is 9.79. The summed E-state index contributed by atoms with van der Waals surface area (Å²) in [6, 6.07) is 18.4. The summed E-state index contributed by atoms with van der Waals surface area (Å²) in [7, 11) is 0. The molecule has 3 atom stereocenters. The van der Waals surface area contributed by atoms with E-state index in [9.17, 15) is 5.11 Å². The van der Waals surface area contributed by atoms with E-state index in [2.05, 4.69) is 29.6 Å². The van der Waals surface area contributed by atoms with Gasteiger partial charge in [0.25, 0.3) is 0 Å². The molecule has 4 nitrogen and oxygen atoms in total. The lowest BCUT2D eigenvalue weighted by atomic mass is 10.1. The molecule has 2 aromatic carbocycles. The SMILES string of the molecule is Cl.Cl.NCC(O)C1CC(Oc2cccc(-c3ccccc3)c2)CN1. The normalized spacial score (nSPS) is 20.6. The van der Waals surface area contributed by atoms with Crippen molar-refractivity contribution in [3.05, 3.63) is 54.6 Å². The Balaban J connectivity index is 0.00000144. The molecular formula is C18H24Cl2N2O2. The molecule has 0 spiro atoms. The Hall–Kier alpha value is -1.30. The number of hydrogen-bond donors (Lipinski definition) is 3. The third kappa shape index (κ3) is 5.10. The molecule has 24 heavy (non-hydrogen) atoms. The lowest BCUT2D eigenvalue weighted by Crippen LogP contribution is -2.39. The molecule has 6 heteroatoms. The minimum absolute atomic E-state index is 0.